The zero-order valence-corrected chi connectivity index (χ0v) is 22.5. The van der Waals surface area contributed by atoms with E-state index in [1.165, 1.54) is 56.5 Å². The Labute approximate surface area is 228 Å². The first-order valence-electron chi connectivity index (χ1n) is 11.1. The van der Waals surface area contributed by atoms with Crippen LogP contribution in [0.4, 0.5) is 10.5 Å². The van der Waals surface area contributed by atoms with Crippen LogP contribution in [0.1, 0.15) is 18.1 Å². The molecule has 0 saturated carbocycles. The Morgan fingerprint density at radius 3 is 2.39 bits per heavy atom. The number of halogens is 1. The van der Waals surface area contributed by atoms with Crippen LogP contribution in [0.5, 0.6) is 11.5 Å². The number of imide groups is 1. The van der Waals surface area contributed by atoms with E-state index in [1.807, 2.05) is 30.3 Å². The molecule has 0 atom stereocenters. The molecule has 1 N–H and O–H groups in total. The normalized spacial score (nSPS) is 14.6. The average Bonchev–Trinajstić information content (AvgIpc) is 3.13. The van der Waals surface area contributed by atoms with Gasteiger partial charge < -0.3 is 14.2 Å². The molecule has 1 saturated heterocycles. The Morgan fingerprint density at radius 1 is 1.08 bits per heavy atom. The fraction of sp³-hybridized carbons (Fsp3) is 0.115. The first-order valence-corrected chi connectivity index (χ1v) is 13.7. The fourth-order valence-electron chi connectivity index (χ4n) is 3.52. The summed E-state index contributed by atoms with van der Waals surface area (Å²) in [5.41, 5.74) is 1.64. The highest BCUT2D eigenvalue weighted by Gasteiger charge is 2.35. The van der Waals surface area contributed by atoms with Gasteiger partial charge in [0.15, 0.2) is 5.75 Å². The number of anilines is 1. The summed E-state index contributed by atoms with van der Waals surface area (Å²) in [7, 11) is -2.99. The summed E-state index contributed by atoms with van der Waals surface area (Å²) in [5, 5.41) is 2.06. The van der Waals surface area contributed by atoms with E-state index in [0.717, 1.165) is 22.2 Å². The van der Waals surface area contributed by atoms with Crippen molar-refractivity contribution >= 4 is 62.3 Å². The second kappa shape index (κ2) is 11.3. The summed E-state index contributed by atoms with van der Waals surface area (Å²) in [6.07, 6.45) is 1.48. The van der Waals surface area contributed by atoms with Crippen molar-refractivity contribution in [1.82, 2.24) is 4.90 Å². The van der Waals surface area contributed by atoms with Crippen LogP contribution < -0.4 is 14.2 Å². The minimum absolute atomic E-state index is 0.00528. The standard InChI is InChI=1S/C26H21ClN2O7S2/c1-16(30)28-19-8-10-20(11-9-19)38(33,34)36-24-21(27)12-18(13-22(24)35-2)14-23-25(31)29(26(32)37-23)15-17-6-4-3-5-7-17/h3-14H,15H2,1-2H3,(H,28,30)/b23-14-. The Balaban J connectivity index is 1.57. The third-order valence-electron chi connectivity index (χ3n) is 5.26. The van der Waals surface area contributed by atoms with Gasteiger partial charge >= 0.3 is 10.1 Å². The topological polar surface area (TPSA) is 119 Å². The molecular formula is C26H21ClN2O7S2. The lowest BCUT2D eigenvalue weighted by Gasteiger charge is -2.14. The Bertz CT molecular complexity index is 1540. The van der Waals surface area contributed by atoms with E-state index in [1.54, 1.807) is 0 Å². The predicted octanol–water partition coefficient (Wildman–Crippen LogP) is 5.31. The molecule has 0 aromatic heterocycles. The van der Waals surface area contributed by atoms with Gasteiger partial charge in [-0.25, -0.2) is 0 Å². The highest BCUT2D eigenvalue weighted by atomic mass is 35.5. The van der Waals surface area contributed by atoms with Gasteiger partial charge in [0, 0.05) is 12.6 Å². The Hall–Kier alpha value is -3.80. The van der Waals surface area contributed by atoms with Gasteiger partial charge in [-0.1, -0.05) is 41.9 Å². The van der Waals surface area contributed by atoms with Crippen molar-refractivity contribution < 1.29 is 31.7 Å². The number of ether oxygens (including phenoxy) is 1. The van der Waals surface area contributed by atoms with Gasteiger partial charge in [0.05, 0.1) is 23.6 Å². The van der Waals surface area contributed by atoms with Gasteiger partial charge in [-0.15, -0.1) is 0 Å². The summed E-state index contributed by atoms with van der Waals surface area (Å²) in [6.45, 7) is 1.48. The Kier molecular flexibility index (Phi) is 8.10. The zero-order chi connectivity index (χ0) is 27.4. The fourth-order valence-corrected chi connectivity index (χ4v) is 5.62. The van der Waals surface area contributed by atoms with Crippen LogP contribution in [0.25, 0.3) is 6.08 Å². The smallest absolute Gasteiger partial charge is 0.339 e. The summed E-state index contributed by atoms with van der Waals surface area (Å²) in [6, 6.07) is 17.4. The minimum atomic E-state index is -4.30. The van der Waals surface area contributed by atoms with Crippen LogP contribution in [-0.2, 0) is 26.3 Å². The summed E-state index contributed by atoms with van der Waals surface area (Å²) >= 11 is 7.15. The van der Waals surface area contributed by atoms with Crippen LogP contribution in [0.3, 0.4) is 0 Å². The SMILES string of the molecule is COc1cc(/C=C2\SC(=O)N(Cc3ccccc3)C2=O)cc(Cl)c1OS(=O)(=O)c1ccc(NC(C)=O)cc1. The second-order valence-corrected chi connectivity index (χ2v) is 11.0. The van der Waals surface area contributed by atoms with Crippen molar-refractivity contribution in [3.05, 3.63) is 87.8 Å². The van der Waals surface area contributed by atoms with Crippen LogP contribution >= 0.6 is 23.4 Å². The van der Waals surface area contributed by atoms with Crippen molar-refractivity contribution in [2.24, 2.45) is 0 Å². The third-order valence-corrected chi connectivity index (χ3v) is 7.69. The lowest BCUT2D eigenvalue weighted by molar-refractivity contribution is -0.123. The van der Waals surface area contributed by atoms with Crippen molar-refractivity contribution in [2.75, 3.05) is 12.4 Å². The number of carbonyl (C=O) groups excluding carboxylic acids is 3. The van der Waals surface area contributed by atoms with Crippen LogP contribution in [0.15, 0.2) is 76.5 Å². The van der Waals surface area contributed by atoms with Gasteiger partial charge in [0.25, 0.3) is 11.1 Å². The van der Waals surface area contributed by atoms with Crippen molar-refractivity contribution in [3.63, 3.8) is 0 Å². The highest BCUT2D eigenvalue weighted by Crippen LogP contribution is 2.40. The van der Waals surface area contributed by atoms with Gasteiger partial charge in [-0.3, -0.25) is 19.3 Å². The van der Waals surface area contributed by atoms with Gasteiger partial charge in [-0.2, -0.15) is 8.42 Å². The van der Waals surface area contributed by atoms with Crippen molar-refractivity contribution in [2.45, 2.75) is 18.4 Å². The largest absolute Gasteiger partial charge is 0.493 e. The van der Waals surface area contributed by atoms with E-state index in [2.05, 4.69) is 5.32 Å². The molecule has 3 aromatic carbocycles. The summed E-state index contributed by atoms with van der Waals surface area (Å²) in [5.74, 6) is -0.987. The first kappa shape index (κ1) is 27.2. The van der Waals surface area contributed by atoms with Crippen molar-refractivity contribution in [3.8, 4) is 11.5 Å². The van der Waals surface area contributed by atoms with Gasteiger partial charge in [0.2, 0.25) is 11.7 Å². The molecule has 0 radical (unpaired) electrons. The number of nitrogens with zero attached hydrogens (tertiary/aromatic N) is 1. The maximum Gasteiger partial charge on any atom is 0.339 e. The van der Waals surface area contributed by atoms with E-state index >= 15 is 0 Å². The molecule has 1 aliphatic rings. The molecule has 1 heterocycles. The molecule has 0 unspecified atom stereocenters. The quantitative estimate of drug-likeness (QED) is 0.285. The number of nitrogens with one attached hydrogen (secondary N) is 1. The van der Waals surface area contributed by atoms with E-state index in [9.17, 15) is 22.8 Å². The third kappa shape index (κ3) is 6.18. The number of hydrogen-bond donors (Lipinski definition) is 1. The lowest BCUT2D eigenvalue weighted by Crippen LogP contribution is -2.27. The van der Waals surface area contributed by atoms with Crippen molar-refractivity contribution in [1.29, 1.82) is 0 Å². The van der Waals surface area contributed by atoms with E-state index in [0.29, 0.717) is 11.3 Å². The summed E-state index contributed by atoms with van der Waals surface area (Å²) in [4.78, 5) is 37.7. The molecule has 1 fully saturated rings. The molecule has 1 aliphatic heterocycles. The molecule has 38 heavy (non-hydrogen) atoms. The Morgan fingerprint density at radius 2 is 1.76 bits per heavy atom. The van der Waals surface area contributed by atoms with Crippen LogP contribution in [-0.4, -0.2) is 37.5 Å². The number of hydrogen-bond acceptors (Lipinski definition) is 8. The molecule has 0 bridgehead atoms. The average molecular weight is 573 g/mol. The number of amides is 3. The molecule has 196 valence electrons. The molecule has 3 amide bonds. The number of benzene rings is 3. The first-order chi connectivity index (χ1) is 18.1. The summed E-state index contributed by atoms with van der Waals surface area (Å²) < 4.78 is 36.3. The van der Waals surface area contributed by atoms with Crippen LogP contribution in [0.2, 0.25) is 5.02 Å². The molecule has 0 aliphatic carbocycles. The molecular weight excluding hydrogens is 552 g/mol. The maximum absolute atomic E-state index is 12.9. The molecule has 3 aromatic rings. The van der Waals surface area contributed by atoms with Crippen LogP contribution in [0, 0.1) is 0 Å². The molecule has 4 rings (SSSR count). The second-order valence-electron chi connectivity index (χ2n) is 8.03. The van der Waals surface area contributed by atoms with Gasteiger partial charge in [0.1, 0.15) is 4.90 Å². The monoisotopic (exact) mass is 572 g/mol. The van der Waals surface area contributed by atoms with E-state index in [4.69, 9.17) is 20.5 Å². The number of rotatable bonds is 8. The van der Waals surface area contributed by atoms with E-state index < -0.39 is 21.3 Å². The maximum atomic E-state index is 12.9. The van der Waals surface area contributed by atoms with Gasteiger partial charge in [-0.05, 0) is 65.4 Å². The lowest BCUT2D eigenvalue weighted by atomic mass is 10.1. The van der Waals surface area contributed by atoms with E-state index in [-0.39, 0.29) is 38.8 Å². The molecule has 9 nitrogen and oxygen atoms in total. The predicted molar refractivity (Wildman–Crippen MR) is 145 cm³/mol. The number of methoxy groups -OCH3 is 1. The number of carbonyl (C=O) groups is 3. The molecule has 0 spiro atoms. The zero-order valence-electron chi connectivity index (χ0n) is 20.1. The minimum Gasteiger partial charge on any atom is -0.493 e. The number of thioether (sulfide) groups is 1. The highest BCUT2D eigenvalue weighted by molar-refractivity contribution is 8.18. The molecule has 12 heteroatoms.